The first-order chi connectivity index (χ1) is 9.88. The van der Waals surface area contributed by atoms with Crippen LogP contribution in [0.25, 0.3) is 0 Å². The van der Waals surface area contributed by atoms with Crippen LogP contribution in [0.4, 0.5) is 0 Å². The highest BCUT2D eigenvalue weighted by Crippen LogP contribution is 2.33. The normalized spacial score (nSPS) is 26.4. The van der Waals surface area contributed by atoms with Crippen molar-refractivity contribution in [3.63, 3.8) is 0 Å². The van der Waals surface area contributed by atoms with Crippen LogP contribution in [0.15, 0.2) is 60.7 Å². The van der Waals surface area contributed by atoms with E-state index in [4.69, 9.17) is 4.74 Å². The summed E-state index contributed by atoms with van der Waals surface area (Å²) in [5.74, 6) is 0. The minimum absolute atomic E-state index is 0.125. The molecule has 0 aromatic heterocycles. The Bertz CT molecular complexity index is 526. The van der Waals surface area contributed by atoms with Crippen molar-refractivity contribution >= 4 is 0 Å². The third kappa shape index (κ3) is 2.77. The molecule has 0 amide bonds. The molecule has 104 valence electrons. The van der Waals surface area contributed by atoms with Crippen LogP contribution in [0.1, 0.15) is 36.7 Å². The fourth-order valence-corrected chi connectivity index (χ4v) is 2.86. The van der Waals surface area contributed by atoms with Gasteiger partial charge in [0.15, 0.2) is 0 Å². The number of hydrogen-bond donors (Lipinski definition) is 1. The van der Waals surface area contributed by atoms with Crippen LogP contribution >= 0.6 is 0 Å². The lowest BCUT2D eigenvalue weighted by atomic mass is 9.96. The molecular formula is C18H21NO. The molecule has 2 aromatic rings. The van der Waals surface area contributed by atoms with E-state index in [-0.39, 0.29) is 12.2 Å². The maximum Gasteiger partial charge on any atom is 0.0986 e. The van der Waals surface area contributed by atoms with Crippen LogP contribution < -0.4 is 5.32 Å². The lowest BCUT2D eigenvalue weighted by Gasteiger charge is -2.37. The predicted molar refractivity (Wildman–Crippen MR) is 81.5 cm³/mol. The minimum Gasteiger partial charge on any atom is -0.363 e. The summed E-state index contributed by atoms with van der Waals surface area (Å²) in [6.07, 6.45) is 1.32. The summed E-state index contributed by atoms with van der Waals surface area (Å²) >= 11 is 0. The number of nitrogens with one attached hydrogen (secondary N) is 1. The Morgan fingerprint density at radius 1 is 0.950 bits per heavy atom. The van der Waals surface area contributed by atoms with Gasteiger partial charge in [0.05, 0.1) is 12.2 Å². The molecular weight excluding hydrogens is 246 g/mol. The SMILES string of the molecule is CCC1NCC(c2ccccc2)OC1c1ccccc1. The molecule has 2 heteroatoms. The van der Waals surface area contributed by atoms with Gasteiger partial charge in [0, 0.05) is 12.6 Å². The molecule has 1 aliphatic rings. The highest BCUT2D eigenvalue weighted by molar-refractivity contribution is 5.23. The molecule has 0 spiro atoms. The topological polar surface area (TPSA) is 21.3 Å². The van der Waals surface area contributed by atoms with Gasteiger partial charge in [-0.15, -0.1) is 0 Å². The van der Waals surface area contributed by atoms with Gasteiger partial charge in [0.2, 0.25) is 0 Å². The van der Waals surface area contributed by atoms with Crippen molar-refractivity contribution in [1.82, 2.24) is 5.32 Å². The van der Waals surface area contributed by atoms with E-state index in [2.05, 4.69) is 66.8 Å². The van der Waals surface area contributed by atoms with Gasteiger partial charge < -0.3 is 10.1 Å². The maximum atomic E-state index is 6.40. The monoisotopic (exact) mass is 267 g/mol. The molecule has 2 aromatic carbocycles. The Balaban J connectivity index is 1.83. The third-order valence-corrected chi connectivity index (χ3v) is 3.98. The Labute approximate surface area is 120 Å². The molecule has 1 N–H and O–H groups in total. The van der Waals surface area contributed by atoms with E-state index in [9.17, 15) is 0 Å². The zero-order chi connectivity index (χ0) is 13.8. The summed E-state index contributed by atoms with van der Waals surface area (Å²) in [6.45, 7) is 3.09. The Hall–Kier alpha value is -1.64. The van der Waals surface area contributed by atoms with Gasteiger partial charge in [-0.1, -0.05) is 67.6 Å². The predicted octanol–water partition coefficient (Wildman–Crippen LogP) is 3.87. The average molecular weight is 267 g/mol. The largest absolute Gasteiger partial charge is 0.363 e. The summed E-state index contributed by atoms with van der Waals surface area (Å²) < 4.78 is 6.40. The van der Waals surface area contributed by atoms with Gasteiger partial charge in [-0.05, 0) is 17.5 Å². The summed E-state index contributed by atoms with van der Waals surface area (Å²) in [5, 5.41) is 3.64. The quantitative estimate of drug-likeness (QED) is 0.911. The van der Waals surface area contributed by atoms with Crippen molar-refractivity contribution < 1.29 is 4.74 Å². The average Bonchev–Trinajstić information content (AvgIpc) is 2.56. The Morgan fingerprint density at radius 2 is 1.55 bits per heavy atom. The summed E-state index contributed by atoms with van der Waals surface area (Å²) in [7, 11) is 0. The first-order valence-electron chi connectivity index (χ1n) is 7.37. The molecule has 0 saturated carbocycles. The van der Waals surface area contributed by atoms with Crippen molar-refractivity contribution in [2.24, 2.45) is 0 Å². The summed E-state index contributed by atoms with van der Waals surface area (Å²) in [5.41, 5.74) is 2.50. The lowest BCUT2D eigenvalue weighted by Crippen LogP contribution is -2.44. The van der Waals surface area contributed by atoms with Gasteiger partial charge in [-0.3, -0.25) is 0 Å². The number of ether oxygens (including phenoxy) is 1. The fourth-order valence-electron chi connectivity index (χ4n) is 2.86. The van der Waals surface area contributed by atoms with Gasteiger partial charge in [-0.2, -0.15) is 0 Å². The Morgan fingerprint density at radius 3 is 2.15 bits per heavy atom. The van der Waals surface area contributed by atoms with Gasteiger partial charge >= 0.3 is 0 Å². The van der Waals surface area contributed by atoms with E-state index in [1.165, 1.54) is 11.1 Å². The summed E-state index contributed by atoms with van der Waals surface area (Å²) in [4.78, 5) is 0. The molecule has 20 heavy (non-hydrogen) atoms. The fraction of sp³-hybridized carbons (Fsp3) is 0.333. The highest BCUT2D eigenvalue weighted by Gasteiger charge is 2.31. The number of rotatable bonds is 3. The van der Waals surface area contributed by atoms with E-state index in [0.717, 1.165) is 13.0 Å². The molecule has 0 radical (unpaired) electrons. The third-order valence-electron chi connectivity index (χ3n) is 3.98. The van der Waals surface area contributed by atoms with E-state index in [0.29, 0.717) is 6.04 Å². The van der Waals surface area contributed by atoms with E-state index >= 15 is 0 Å². The second-order valence-corrected chi connectivity index (χ2v) is 5.29. The summed E-state index contributed by atoms with van der Waals surface area (Å²) in [6, 6.07) is 21.4. The molecule has 2 nitrogen and oxygen atoms in total. The first-order valence-corrected chi connectivity index (χ1v) is 7.37. The zero-order valence-electron chi connectivity index (χ0n) is 11.8. The molecule has 1 heterocycles. The van der Waals surface area contributed by atoms with E-state index < -0.39 is 0 Å². The van der Waals surface area contributed by atoms with Crippen LogP contribution in [-0.4, -0.2) is 12.6 Å². The van der Waals surface area contributed by atoms with Crippen molar-refractivity contribution in [1.29, 1.82) is 0 Å². The van der Waals surface area contributed by atoms with Crippen molar-refractivity contribution in [2.75, 3.05) is 6.54 Å². The number of benzene rings is 2. The number of hydrogen-bond acceptors (Lipinski definition) is 2. The smallest absolute Gasteiger partial charge is 0.0986 e. The molecule has 1 saturated heterocycles. The molecule has 1 fully saturated rings. The molecule has 0 aliphatic carbocycles. The van der Waals surface area contributed by atoms with E-state index in [1.807, 2.05) is 6.07 Å². The lowest BCUT2D eigenvalue weighted by molar-refractivity contribution is -0.0679. The molecule has 0 bridgehead atoms. The van der Waals surface area contributed by atoms with Crippen molar-refractivity contribution in [3.8, 4) is 0 Å². The highest BCUT2D eigenvalue weighted by atomic mass is 16.5. The maximum absolute atomic E-state index is 6.40. The van der Waals surface area contributed by atoms with Gasteiger partial charge in [0.1, 0.15) is 0 Å². The zero-order valence-corrected chi connectivity index (χ0v) is 11.8. The second kappa shape index (κ2) is 6.21. The van der Waals surface area contributed by atoms with E-state index in [1.54, 1.807) is 0 Å². The standard InChI is InChI=1S/C18H21NO/c1-2-16-18(15-11-7-4-8-12-15)20-17(13-19-16)14-9-5-3-6-10-14/h3-12,16-19H,2,13H2,1H3. The minimum atomic E-state index is 0.125. The van der Waals surface area contributed by atoms with Crippen molar-refractivity contribution in [3.05, 3.63) is 71.8 Å². The molecule has 3 rings (SSSR count). The van der Waals surface area contributed by atoms with Crippen molar-refractivity contribution in [2.45, 2.75) is 31.6 Å². The molecule has 3 unspecified atom stereocenters. The van der Waals surface area contributed by atoms with Crippen LogP contribution in [0.5, 0.6) is 0 Å². The molecule has 1 aliphatic heterocycles. The first kappa shape index (κ1) is 13.3. The number of morpholine rings is 1. The van der Waals surface area contributed by atoms with Gasteiger partial charge in [-0.25, -0.2) is 0 Å². The van der Waals surface area contributed by atoms with Crippen LogP contribution in [0.3, 0.4) is 0 Å². The van der Waals surface area contributed by atoms with Crippen LogP contribution in [0.2, 0.25) is 0 Å². The molecule has 3 atom stereocenters. The van der Waals surface area contributed by atoms with Crippen LogP contribution in [-0.2, 0) is 4.74 Å². The Kier molecular flexibility index (Phi) is 4.14. The van der Waals surface area contributed by atoms with Gasteiger partial charge in [0.25, 0.3) is 0 Å². The van der Waals surface area contributed by atoms with Crippen LogP contribution in [0, 0.1) is 0 Å². The second-order valence-electron chi connectivity index (χ2n) is 5.29.